The zero-order valence-electron chi connectivity index (χ0n) is 15.1. The Morgan fingerprint density at radius 3 is 2.62 bits per heavy atom. The van der Waals surface area contributed by atoms with E-state index in [1.54, 1.807) is 20.0 Å². The number of carbonyl (C=O) groups excluding carboxylic acids is 1. The molecule has 0 spiro atoms. The first-order chi connectivity index (χ1) is 12.2. The zero-order chi connectivity index (χ0) is 18.9. The van der Waals surface area contributed by atoms with Gasteiger partial charge in [-0.15, -0.1) is 0 Å². The van der Waals surface area contributed by atoms with Crippen molar-refractivity contribution in [2.45, 2.75) is 26.3 Å². The Balaban J connectivity index is 1.83. The van der Waals surface area contributed by atoms with E-state index < -0.39 is 9.84 Å². The average molecular weight is 374 g/mol. The van der Waals surface area contributed by atoms with Gasteiger partial charge in [0, 0.05) is 24.8 Å². The van der Waals surface area contributed by atoms with Crippen molar-refractivity contribution in [3.63, 3.8) is 0 Å². The second-order valence-electron chi connectivity index (χ2n) is 6.60. The molecule has 0 aliphatic carbocycles. The van der Waals surface area contributed by atoms with Gasteiger partial charge in [0.2, 0.25) is 0 Å². The Morgan fingerprint density at radius 2 is 1.96 bits per heavy atom. The molecular formula is C18H22N4O3S. The van der Waals surface area contributed by atoms with E-state index in [0.29, 0.717) is 18.1 Å². The van der Waals surface area contributed by atoms with Crippen LogP contribution in [0.1, 0.15) is 28.3 Å². The highest BCUT2D eigenvalue weighted by Crippen LogP contribution is 2.22. The number of amides is 1. The fourth-order valence-corrected chi connectivity index (χ4v) is 4.79. The van der Waals surface area contributed by atoms with E-state index >= 15 is 0 Å². The van der Waals surface area contributed by atoms with E-state index in [0.717, 1.165) is 11.3 Å². The van der Waals surface area contributed by atoms with Crippen LogP contribution in [0.25, 0.3) is 0 Å². The lowest BCUT2D eigenvalue weighted by molar-refractivity contribution is 0.102. The van der Waals surface area contributed by atoms with Crippen molar-refractivity contribution < 1.29 is 13.2 Å². The first-order valence-corrected chi connectivity index (χ1v) is 10.2. The molecule has 1 aliphatic rings. The molecule has 7 nitrogen and oxygen atoms in total. The number of nitrogens with one attached hydrogen (secondary N) is 1. The molecule has 1 aromatic carbocycles. The smallest absolute Gasteiger partial charge is 0.274 e. The van der Waals surface area contributed by atoms with Gasteiger partial charge in [-0.05, 0) is 31.9 Å². The third-order valence-electron chi connectivity index (χ3n) is 4.57. The third-order valence-corrected chi connectivity index (χ3v) is 6.32. The SMILES string of the molecule is Cc1nc(C(=O)Nc2ccccc2C)cc(N(C)C2CCS(=O)(=O)C2)n1. The fraction of sp³-hybridized carbons (Fsp3) is 0.389. The average Bonchev–Trinajstić information content (AvgIpc) is 2.95. The van der Waals surface area contributed by atoms with Crippen LogP contribution in [0.4, 0.5) is 11.5 Å². The number of aryl methyl sites for hydroxylation is 2. The van der Waals surface area contributed by atoms with Crippen LogP contribution in [0.15, 0.2) is 30.3 Å². The molecule has 1 amide bonds. The largest absolute Gasteiger partial charge is 0.356 e. The summed E-state index contributed by atoms with van der Waals surface area (Å²) in [5.74, 6) is 0.988. The molecule has 1 N–H and O–H groups in total. The summed E-state index contributed by atoms with van der Waals surface area (Å²) in [5.41, 5.74) is 1.94. The van der Waals surface area contributed by atoms with Crippen molar-refractivity contribution in [1.29, 1.82) is 0 Å². The summed E-state index contributed by atoms with van der Waals surface area (Å²) >= 11 is 0. The van der Waals surface area contributed by atoms with Crippen molar-refractivity contribution in [3.8, 4) is 0 Å². The summed E-state index contributed by atoms with van der Waals surface area (Å²) in [7, 11) is -1.19. The molecule has 3 rings (SSSR count). The van der Waals surface area contributed by atoms with Crippen LogP contribution in [0, 0.1) is 13.8 Å². The van der Waals surface area contributed by atoms with Gasteiger partial charge >= 0.3 is 0 Å². The lowest BCUT2D eigenvalue weighted by Crippen LogP contribution is -2.33. The maximum atomic E-state index is 12.6. The minimum atomic E-state index is -2.99. The molecule has 2 aromatic rings. The molecule has 8 heteroatoms. The molecule has 1 aliphatic heterocycles. The van der Waals surface area contributed by atoms with Gasteiger partial charge in [-0.1, -0.05) is 18.2 Å². The summed E-state index contributed by atoms with van der Waals surface area (Å²) in [6, 6.07) is 8.97. The molecule has 0 bridgehead atoms. The van der Waals surface area contributed by atoms with Crippen LogP contribution >= 0.6 is 0 Å². The van der Waals surface area contributed by atoms with E-state index in [1.165, 1.54) is 0 Å². The number of sulfone groups is 1. The Bertz CT molecular complexity index is 943. The predicted octanol–water partition coefficient (Wildman–Crippen LogP) is 1.97. The normalized spacial score (nSPS) is 18.5. The standard InChI is InChI=1S/C18H22N4O3S/c1-12-6-4-5-7-15(12)21-18(23)16-10-17(20-13(2)19-16)22(3)14-8-9-26(24,25)11-14/h4-7,10,14H,8-9,11H2,1-3H3,(H,21,23). The summed E-state index contributed by atoms with van der Waals surface area (Å²) in [6.07, 6.45) is 0.562. The molecule has 2 heterocycles. The minimum absolute atomic E-state index is 0.108. The Hall–Kier alpha value is -2.48. The highest BCUT2D eigenvalue weighted by molar-refractivity contribution is 7.91. The maximum Gasteiger partial charge on any atom is 0.274 e. The summed E-state index contributed by atoms with van der Waals surface area (Å²) in [6.45, 7) is 3.63. The van der Waals surface area contributed by atoms with Gasteiger partial charge in [-0.3, -0.25) is 4.79 Å². The van der Waals surface area contributed by atoms with E-state index in [1.807, 2.05) is 36.1 Å². The Morgan fingerprint density at radius 1 is 1.23 bits per heavy atom. The Kier molecular flexibility index (Phi) is 4.95. The summed E-state index contributed by atoms with van der Waals surface area (Å²) < 4.78 is 23.5. The van der Waals surface area contributed by atoms with Gasteiger partial charge in [0.15, 0.2) is 9.84 Å². The zero-order valence-corrected chi connectivity index (χ0v) is 15.9. The predicted molar refractivity (Wildman–Crippen MR) is 101 cm³/mol. The highest BCUT2D eigenvalue weighted by atomic mass is 32.2. The summed E-state index contributed by atoms with van der Waals surface area (Å²) in [4.78, 5) is 23.0. The van der Waals surface area contributed by atoms with E-state index in [9.17, 15) is 13.2 Å². The first kappa shape index (κ1) is 18.3. The summed E-state index contributed by atoms with van der Waals surface area (Å²) in [5, 5.41) is 2.86. The maximum absolute atomic E-state index is 12.6. The molecule has 1 atom stereocenters. The number of benzene rings is 1. The Labute approximate surface area is 153 Å². The number of para-hydroxylation sites is 1. The van der Waals surface area contributed by atoms with Gasteiger partial charge in [0.05, 0.1) is 11.5 Å². The van der Waals surface area contributed by atoms with Gasteiger partial charge in [-0.2, -0.15) is 0 Å². The van der Waals surface area contributed by atoms with Crippen molar-refractivity contribution in [1.82, 2.24) is 9.97 Å². The van der Waals surface area contributed by atoms with Gasteiger partial charge < -0.3 is 10.2 Å². The van der Waals surface area contributed by atoms with Crippen LogP contribution < -0.4 is 10.2 Å². The number of hydrogen-bond acceptors (Lipinski definition) is 6. The molecule has 26 heavy (non-hydrogen) atoms. The number of anilines is 2. The molecule has 138 valence electrons. The third kappa shape index (κ3) is 4.01. The number of aromatic nitrogens is 2. The number of rotatable bonds is 4. The van der Waals surface area contributed by atoms with Crippen molar-refractivity contribution in [3.05, 3.63) is 47.4 Å². The van der Waals surface area contributed by atoms with Gasteiger partial charge in [0.1, 0.15) is 17.3 Å². The quantitative estimate of drug-likeness (QED) is 0.880. The lowest BCUT2D eigenvalue weighted by Gasteiger charge is -2.25. The van der Waals surface area contributed by atoms with Crippen LogP contribution in [0.2, 0.25) is 0 Å². The monoisotopic (exact) mass is 374 g/mol. The van der Waals surface area contributed by atoms with E-state index in [2.05, 4.69) is 15.3 Å². The first-order valence-electron chi connectivity index (χ1n) is 8.41. The van der Waals surface area contributed by atoms with Crippen molar-refractivity contribution in [2.75, 3.05) is 28.8 Å². The molecule has 0 radical (unpaired) electrons. The molecule has 1 saturated heterocycles. The van der Waals surface area contributed by atoms with Crippen LogP contribution in [0.5, 0.6) is 0 Å². The highest BCUT2D eigenvalue weighted by Gasteiger charge is 2.31. The number of hydrogen-bond donors (Lipinski definition) is 1. The minimum Gasteiger partial charge on any atom is -0.356 e. The van der Waals surface area contributed by atoms with Crippen LogP contribution in [-0.2, 0) is 9.84 Å². The van der Waals surface area contributed by atoms with E-state index in [4.69, 9.17) is 0 Å². The van der Waals surface area contributed by atoms with Crippen molar-refractivity contribution in [2.24, 2.45) is 0 Å². The molecule has 0 saturated carbocycles. The lowest BCUT2D eigenvalue weighted by atomic mass is 10.2. The second kappa shape index (κ2) is 7.03. The second-order valence-corrected chi connectivity index (χ2v) is 8.82. The molecule has 1 aromatic heterocycles. The number of carbonyl (C=O) groups is 1. The van der Waals surface area contributed by atoms with Gasteiger partial charge in [-0.25, -0.2) is 18.4 Å². The molecular weight excluding hydrogens is 352 g/mol. The molecule has 1 fully saturated rings. The van der Waals surface area contributed by atoms with Crippen molar-refractivity contribution >= 4 is 27.2 Å². The van der Waals surface area contributed by atoms with Crippen LogP contribution in [0.3, 0.4) is 0 Å². The topological polar surface area (TPSA) is 92.3 Å². The van der Waals surface area contributed by atoms with Crippen LogP contribution in [-0.4, -0.2) is 48.9 Å². The fourth-order valence-electron chi connectivity index (χ4n) is 3.02. The molecule has 1 unspecified atom stereocenters. The number of nitrogens with zero attached hydrogens (tertiary/aromatic N) is 3. The van der Waals surface area contributed by atoms with E-state index in [-0.39, 0.29) is 29.1 Å². The van der Waals surface area contributed by atoms with Gasteiger partial charge in [0.25, 0.3) is 5.91 Å².